The molecular formula is C15H15NO3. The molecule has 0 atom stereocenters. The van der Waals surface area contributed by atoms with Gasteiger partial charge in [0.25, 0.3) is 0 Å². The zero-order valence-electron chi connectivity index (χ0n) is 10.7. The van der Waals surface area contributed by atoms with Crippen LogP contribution in [0.25, 0.3) is 0 Å². The monoisotopic (exact) mass is 257 g/mol. The molecular weight excluding hydrogens is 242 g/mol. The molecule has 2 rings (SSSR count). The first-order chi connectivity index (χ1) is 9.16. The zero-order chi connectivity index (χ0) is 13.7. The van der Waals surface area contributed by atoms with E-state index in [9.17, 15) is 9.59 Å². The van der Waals surface area contributed by atoms with E-state index in [1.54, 1.807) is 36.6 Å². The van der Waals surface area contributed by atoms with Crippen molar-refractivity contribution in [3.63, 3.8) is 0 Å². The molecule has 0 fully saturated rings. The van der Waals surface area contributed by atoms with Gasteiger partial charge in [-0.2, -0.15) is 0 Å². The Labute approximate surface area is 111 Å². The Balaban J connectivity index is 1.97. The van der Waals surface area contributed by atoms with Crippen LogP contribution in [0.2, 0.25) is 0 Å². The van der Waals surface area contributed by atoms with Gasteiger partial charge in [0.1, 0.15) is 5.76 Å². The number of carbonyl (C=O) groups excluding carboxylic acids is 2. The highest BCUT2D eigenvalue weighted by Crippen LogP contribution is 2.16. The van der Waals surface area contributed by atoms with E-state index in [1.807, 2.05) is 6.07 Å². The number of para-hydroxylation sites is 1. The minimum atomic E-state index is -0.134. The van der Waals surface area contributed by atoms with Crippen LogP contribution in [0, 0.1) is 0 Å². The maximum absolute atomic E-state index is 11.8. The van der Waals surface area contributed by atoms with E-state index in [1.165, 1.54) is 6.92 Å². The van der Waals surface area contributed by atoms with E-state index in [2.05, 4.69) is 5.32 Å². The lowest BCUT2D eigenvalue weighted by Crippen LogP contribution is -2.14. The van der Waals surface area contributed by atoms with Gasteiger partial charge in [-0.25, -0.2) is 0 Å². The molecule has 0 aliphatic rings. The molecule has 0 saturated heterocycles. The fourth-order valence-corrected chi connectivity index (χ4v) is 1.80. The Morgan fingerprint density at radius 1 is 1.16 bits per heavy atom. The fourth-order valence-electron chi connectivity index (χ4n) is 1.80. The number of aryl methyl sites for hydroxylation is 1. The van der Waals surface area contributed by atoms with Crippen LogP contribution in [-0.2, 0) is 11.2 Å². The molecule has 4 heteroatoms. The average molecular weight is 257 g/mol. The first kappa shape index (κ1) is 13.1. The molecule has 1 aromatic heterocycles. The maximum atomic E-state index is 11.8. The number of hydrogen-bond acceptors (Lipinski definition) is 3. The lowest BCUT2D eigenvalue weighted by Gasteiger charge is -2.08. The number of benzene rings is 1. The Bertz CT molecular complexity index is 573. The molecule has 0 aliphatic heterocycles. The van der Waals surface area contributed by atoms with Gasteiger partial charge >= 0.3 is 0 Å². The van der Waals surface area contributed by atoms with E-state index in [0.29, 0.717) is 24.1 Å². The van der Waals surface area contributed by atoms with Crippen molar-refractivity contribution in [2.45, 2.75) is 19.8 Å². The normalized spacial score (nSPS) is 10.2. The summed E-state index contributed by atoms with van der Waals surface area (Å²) in [5.74, 6) is 0.571. The zero-order valence-corrected chi connectivity index (χ0v) is 10.7. The van der Waals surface area contributed by atoms with Crippen LogP contribution < -0.4 is 5.32 Å². The third kappa shape index (κ3) is 3.55. The van der Waals surface area contributed by atoms with Gasteiger partial charge in [0.05, 0.1) is 12.0 Å². The molecule has 1 heterocycles. The van der Waals surface area contributed by atoms with Crippen LogP contribution >= 0.6 is 0 Å². The number of hydrogen-bond donors (Lipinski definition) is 1. The molecule has 0 saturated carbocycles. The average Bonchev–Trinajstić information content (AvgIpc) is 2.90. The summed E-state index contributed by atoms with van der Waals surface area (Å²) in [6.45, 7) is 1.48. The van der Waals surface area contributed by atoms with Crippen molar-refractivity contribution in [1.29, 1.82) is 0 Å². The lowest BCUT2D eigenvalue weighted by atomic mass is 10.1. The number of amides is 1. The molecule has 2 aromatic rings. The standard InChI is InChI=1S/C15H15NO3/c1-11(17)13-6-2-3-7-14(13)16-15(18)9-8-12-5-4-10-19-12/h2-7,10H,8-9H2,1H3,(H,16,18). The minimum Gasteiger partial charge on any atom is -0.469 e. The van der Waals surface area contributed by atoms with Crippen molar-refractivity contribution < 1.29 is 14.0 Å². The van der Waals surface area contributed by atoms with Crippen molar-refractivity contribution in [1.82, 2.24) is 0 Å². The maximum Gasteiger partial charge on any atom is 0.224 e. The van der Waals surface area contributed by atoms with Crippen molar-refractivity contribution >= 4 is 17.4 Å². The number of anilines is 1. The first-order valence-electron chi connectivity index (χ1n) is 6.09. The topological polar surface area (TPSA) is 59.3 Å². The van der Waals surface area contributed by atoms with Crippen LogP contribution in [0.4, 0.5) is 5.69 Å². The summed E-state index contributed by atoms with van der Waals surface area (Å²) in [5.41, 5.74) is 1.08. The number of Topliss-reactive ketones (excluding diaryl/α,β-unsaturated/α-hetero) is 1. The van der Waals surface area contributed by atoms with E-state index in [-0.39, 0.29) is 11.7 Å². The van der Waals surface area contributed by atoms with E-state index < -0.39 is 0 Å². The number of rotatable bonds is 5. The molecule has 1 aromatic carbocycles. The van der Waals surface area contributed by atoms with Gasteiger partial charge in [-0.05, 0) is 31.2 Å². The van der Waals surface area contributed by atoms with Crippen LogP contribution in [0.3, 0.4) is 0 Å². The molecule has 4 nitrogen and oxygen atoms in total. The van der Waals surface area contributed by atoms with Crippen molar-refractivity contribution in [2.24, 2.45) is 0 Å². The van der Waals surface area contributed by atoms with Crippen LogP contribution in [0.15, 0.2) is 47.1 Å². The summed E-state index contributed by atoms with van der Waals surface area (Å²) in [6, 6.07) is 10.6. The summed E-state index contributed by atoms with van der Waals surface area (Å²) < 4.78 is 5.16. The summed E-state index contributed by atoms with van der Waals surface area (Å²) in [4.78, 5) is 23.2. The molecule has 1 N–H and O–H groups in total. The van der Waals surface area contributed by atoms with E-state index in [0.717, 1.165) is 5.76 Å². The molecule has 98 valence electrons. The Kier molecular flexibility index (Phi) is 4.13. The third-order valence-corrected chi connectivity index (χ3v) is 2.76. The quantitative estimate of drug-likeness (QED) is 0.837. The van der Waals surface area contributed by atoms with Gasteiger partial charge < -0.3 is 9.73 Å². The predicted molar refractivity (Wildman–Crippen MR) is 72.1 cm³/mol. The highest BCUT2D eigenvalue weighted by molar-refractivity contribution is 6.03. The first-order valence-corrected chi connectivity index (χ1v) is 6.09. The van der Waals surface area contributed by atoms with Gasteiger partial charge in [-0.15, -0.1) is 0 Å². The van der Waals surface area contributed by atoms with E-state index >= 15 is 0 Å². The Hall–Kier alpha value is -2.36. The number of ketones is 1. The van der Waals surface area contributed by atoms with Crippen molar-refractivity contribution in [3.8, 4) is 0 Å². The lowest BCUT2D eigenvalue weighted by molar-refractivity contribution is -0.116. The number of nitrogens with one attached hydrogen (secondary N) is 1. The molecule has 0 radical (unpaired) electrons. The highest BCUT2D eigenvalue weighted by atomic mass is 16.3. The number of furan rings is 1. The van der Waals surface area contributed by atoms with Crippen molar-refractivity contribution in [3.05, 3.63) is 54.0 Å². The summed E-state index contributed by atoms with van der Waals surface area (Å²) in [6.07, 6.45) is 2.44. The second-order valence-electron chi connectivity index (χ2n) is 4.23. The smallest absolute Gasteiger partial charge is 0.224 e. The fraction of sp³-hybridized carbons (Fsp3) is 0.200. The summed E-state index contributed by atoms with van der Waals surface area (Å²) in [7, 11) is 0. The predicted octanol–water partition coefficient (Wildman–Crippen LogP) is 3.05. The third-order valence-electron chi connectivity index (χ3n) is 2.76. The molecule has 0 spiro atoms. The number of carbonyl (C=O) groups is 2. The van der Waals surface area contributed by atoms with Crippen molar-refractivity contribution in [2.75, 3.05) is 5.32 Å². The van der Waals surface area contributed by atoms with Gasteiger partial charge in [0.2, 0.25) is 5.91 Å². The highest BCUT2D eigenvalue weighted by Gasteiger charge is 2.10. The van der Waals surface area contributed by atoms with Crippen LogP contribution in [0.5, 0.6) is 0 Å². The second-order valence-corrected chi connectivity index (χ2v) is 4.23. The van der Waals surface area contributed by atoms with Gasteiger partial charge in [-0.1, -0.05) is 12.1 Å². The van der Waals surface area contributed by atoms with Crippen LogP contribution in [0.1, 0.15) is 29.5 Å². The van der Waals surface area contributed by atoms with Gasteiger partial charge in [0.15, 0.2) is 5.78 Å². The Morgan fingerprint density at radius 3 is 2.63 bits per heavy atom. The van der Waals surface area contributed by atoms with Gasteiger partial charge in [0, 0.05) is 18.4 Å². The molecule has 0 unspecified atom stereocenters. The molecule has 0 aliphatic carbocycles. The SMILES string of the molecule is CC(=O)c1ccccc1NC(=O)CCc1ccco1. The minimum absolute atomic E-state index is 0.0677. The largest absolute Gasteiger partial charge is 0.469 e. The second kappa shape index (κ2) is 6.00. The van der Waals surface area contributed by atoms with Gasteiger partial charge in [-0.3, -0.25) is 9.59 Å². The summed E-state index contributed by atoms with van der Waals surface area (Å²) >= 11 is 0. The molecule has 0 bridgehead atoms. The molecule has 19 heavy (non-hydrogen) atoms. The van der Waals surface area contributed by atoms with E-state index in [4.69, 9.17) is 4.42 Å². The Morgan fingerprint density at radius 2 is 1.95 bits per heavy atom. The van der Waals surface area contributed by atoms with Crippen LogP contribution in [-0.4, -0.2) is 11.7 Å². The summed E-state index contributed by atoms with van der Waals surface area (Å²) in [5, 5.41) is 2.75. The molecule has 1 amide bonds.